The predicted octanol–water partition coefficient (Wildman–Crippen LogP) is 3.70. The molecule has 41 heavy (non-hydrogen) atoms. The highest BCUT2D eigenvalue weighted by Gasteiger charge is 2.31. The zero-order chi connectivity index (χ0) is 30.4. The van der Waals surface area contributed by atoms with Gasteiger partial charge in [0.1, 0.15) is 11.6 Å². The van der Waals surface area contributed by atoms with E-state index in [0.29, 0.717) is 23.2 Å². The number of carbonyl (C=O) groups is 1. The second kappa shape index (κ2) is 13.2. The van der Waals surface area contributed by atoms with Crippen molar-refractivity contribution in [2.75, 3.05) is 12.4 Å². The first kappa shape index (κ1) is 31.6. The van der Waals surface area contributed by atoms with E-state index < -0.39 is 47.0 Å². The zero-order valence-corrected chi connectivity index (χ0v) is 23.0. The molecule has 0 bridgehead atoms. The van der Waals surface area contributed by atoms with Crippen LogP contribution in [0.25, 0.3) is 17.1 Å². The lowest BCUT2D eigenvalue weighted by molar-refractivity contribution is -0.130. The van der Waals surface area contributed by atoms with Gasteiger partial charge in [0.15, 0.2) is 5.69 Å². The van der Waals surface area contributed by atoms with Gasteiger partial charge in [-0.1, -0.05) is 26.0 Å². The lowest BCUT2D eigenvalue weighted by Gasteiger charge is -2.18. The van der Waals surface area contributed by atoms with E-state index in [1.54, 1.807) is 18.2 Å². The van der Waals surface area contributed by atoms with Gasteiger partial charge in [-0.05, 0) is 48.7 Å². The summed E-state index contributed by atoms with van der Waals surface area (Å²) in [6.45, 7) is 2.89. The van der Waals surface area contributed by atoms with Crippen LogP contribution in [0, 0.1) is 17.2 Å². The molecule has 0 radical (unpaired) electrons. The smallest absolute Gasteiger partial charge is 0.390 e. The molecule has 3 N–H and O–H groups in total. The van der Waals surface area contributed by atoms with E-state index in [9.17, 15) is 41.9 Å². The van der Waals surface area contributed by atoms with Gasteiger partial charge in [0.2, 0.25) is 0 Å². The van der Waals surface area contributed by atoms with Crippen molar-refractivity contribution in [3.05, 3.63) is 65.5 Å². The van der Waals surface area contributed by atoms with E-state index in [1.807, 2.05) is 19.9 Å². The van der Waals surface area contributed by atoms with Crippen LogP contribution in [0.5, 0.6) is 5.75 Å². The summed E-state index contributed by atoms with van der Waals surface area (Å²) in [5.41, 5.74) is 0.959. The first-order valence-corrected chi connectivity index (χ1v) is 14.1. The average molecular weight is 595 g/mol. The summed E-state index contributed by atoms with van der Waals surface area (Å²) in [5, 5.41) is 32.1. The molecule has 3 aromatic rings. The Bertz CT molecular complexity index is 1510. The molecule has 1 atom stereocenters. The number of nitrogens with one attached hydrogen (secondary N) is 1. The van der Waals surface area contributed by atoms with Gasteiger partial charge in [0.25, 0.3) is 5.91 Å². The third-order valence-electron chi connectivity index (χ3n) is 5.85. The number of amides is 1. The number of aromatic nitrogens is 2. The van der Waals surface area contributed by atoms with Crippen molar-refractivity contribution in [3.63, 3.8) is 0 Å². The molecule has 1 aromatic heterocycles. The maximum Gasteiger partial charge on any atom is 0.390 e. The number of alkyl halides is 3. The lowest BCUT2D eigenvalue weighted by atomic mass is 10.0. The number of aliphatic hydroxyl groups is 2. The fourth-order valence-electron chi connectivity index (χ4n) is 4.06. The van der Waals surface area contributed by atoms with Gasteiger partial charge in [0.05, 0.1) is 48.8 Å². The molecule has 0 saturated carbocycles. The molecule has 1 heterocycles. The van der Waals surface area contributed by atoms with Gasteiger partial charge >= 0.3 is 16.3 Å². The molecule has 1 unspecified atom stereocenters. The van der Waals surface area contributed by atoms with Crippen molar-refractivity contribution in [1.29, 1.82) is 5.26 Å². The van der Waals surface area contributed by atoms with Crippen molar-refractivity contribution in [1.82, 2.24) is 14.9 Å². The summed E-state index contributed by atoms with van der Waals surface area (Å²) >= 11 is 0. The number of rotatable bonds is 12. The first-order chi connectivity index (χ1) is 19.3. The Morgan fingerprint density at radius 1 is 1.17 bits per heavy atom. The van der Waals surface area contributed by atoms with E-state index in [-0.39, 0.29) is 35.5 Å². The van der Waals surface area contributed by atoms with Gasteiger partial charge in [0, 0.05) is 11.3 Å². The topological polar surface area (TPSA) is 155 Å². The van der Waals surface area contributed by atoms with E-state index in [1.165, 1.54) is 34.9 Å². The Morgan fingerprint density at radius 3 is 2.41 bits per heavy atom. The van der Waals surface area contributed by atoms with Crippen LogP contribution in [-0.4, -0.2) is 58.7 Å². The maximum atomic E-state index is 13.2. The Labute approximate surface area is 235 Å². The lowest BCUT2D eigenvalue weighted by Crippen LogP contribution is -2.39. The van der Waals surface area contributed by atoms with Crippen molar-refractivity contribution in [3.8, 4) is 28.9 Å². The minimum absolute atomic E-state index is 0.0626. The van der Waals surface area contributed by atoms with Crippen LogP contribution in [0.1, 0.15) is 48.4 Å². The SMILES string of the molecule is CC(C)CC(CO)NC(=O)c1nc(-c2cccc(C#N)c2)n(-c2ccc(OS(=O)(=O)CCC(F)(F)F)cc2)c1CO. The summed E-state index contributed by atoms with van der Waals surface area (Å²) in [4.78, 5) is 17.7. The second-order valence-electron chi connectivity index (χ2n) is 9.60. The molecule has 14 heteroatoms. The number of nitrogens with zero attached hydrogens (tertiary/aromatic N) is 3. The normalized spacial score (nSPS) is 12.7. The molecule has 0 aliphatic heterocycles. The Morgan fingerprint density at radius 2 is 1.85 bits per heavy atom. The van der Waals surface area contributed by atoms with Crippen LogP contribution < -0.4 is 9.50 Å². The molecule has 1 amide bonds. The highest BCUT2D eigenvalue weighted by molar-refractivity contribution is 7.87. The van der Waals surface area contributed by atoms with Crippen molar-refractivity contribution >= 4 is 16.0 Å². The number of nitriles is 1. The van der Waals surface area contributed by atoms with Crippen LogP contribution in [0.4, 0.5) is 13.2 Å². The molecule has 10 nitrogen and oxygen atoms in total. The Balaban J connectivity index is 2.05. The minimum Gasteiger partial charge on any atom is -0.394 e. The average Bonchev–Trinajstić information content (AvgIpc) is 3.31. The van der Waals surface area contributed by atoms with Gasteiger partial charge < -0.3 is 19.7 Å². The van der Waals surface area contributed by atoms with Crippen molar-refractivity contribution < 1.29 is 40.8 Å². The van der Waals surface area contributed by atoms with Gasteiger partial charge in [-0.3, -0.25) is 9.36 Å². The highest BCUT2D eigenvalue weighted by atomic mass is 32.2. The molecular weight excluding hydrogens is 565 g/mol. The van der Waals surface area contributed by atoms with Gasteiger partial charge in [-0.15, -0.1) is 0 Å². The molecule has 2 aromatic carbocycles. The summed E-state index contributed by atoms with van der Waals surface area (Å²) in [6, 6.07) is 13.0. The largest absolute Gasteiger partial charge is 0.394 e. The molecule has 0 fully saturated rings. The number of imidazole rings is 1. The Hall–Kier alpha value is -3.93. The van der Waals surface area contributed by atoms with Crippen LogP contribution in [0.2, 0.25) is 0 Å². The number of benzene rings is 2. The number of carbonyl (C=O) groups excluding carboxylic acids is 1. The molecule has 3 rings (SSSR count). The van der Waals surface area contributed by atoms with E-state index in [2.05, 4.69) is 10.3 Å². The molecule has 0 spiro atoms. The van der Waals surface area contributed by atoms with Gasteiger partial charge in [-0.2, -0.15) is 26.9 Å². The number of hydrogen-bond acceptors (Lipinski definition) is 8. The molecule has 0 aliphatic carbocycles. The fraction of sp³-hybridized carbons (Fsp3) is 0.370. The van der Waals surface area contributed by atoms with E-state index in [0.717, 1.165) is 0 Å². The van der Waals surface area contributed by atoms with Crippen LogP contribution in [0.3, 0.4) is 0 Å². The van der Waals surface area contributed by atoms with Crippen LogP contribution in [-0.2, 0) is 16.7 Å². The number of halogens is 3. The zero-order valence-electron chi connectivity index (χ0n) is 22.2. The summed E-state index contributed by atoms with van der Waals surface area (Å²) in [6.07, 6.45) is -5.74. The third kappa shape index (κ3) is 8.53. The number of hydrogen-bond donors (Lipinski definition) is 3. The van der Waals surface area contributed by atoms with Gasteiger partial charge in [-0.25, -0.2) is 4.98 Å². The fourth-order valence-corrected chi connectivity index (χ4v) is 5.03. The Kier molecular flexibility index (Phi) is 10.1. The quantitative estimate of drug-likeness (QED) is 0.268. The summed E-state index contributed by atoms with van der Waals surface area (Å²) < 4.78 is 67.6. The third-order valence-corrected chi connectivity index (χ3v) is 7.00. The van der Waals surface area contributed by atoms with Crippen LogP contribution >= 0.6 is 0 Å². The standard InChI is InChI=1S/C27H29F3N4O6S/c1-17(2)12-20(15-35)32-26(37)24-23(16-36)34(25(33-24)19-5-3-4-18(13-19)14-31)21-6-8-22(9-7-21)40-41(38,39)11-10-27(28,29)30/h3-9,13,17,20,35-36H,10-12,15-16H2,1-2H3,(H,32,37). The summed E-state index contributed by atoms with van der Waals surface area (Å²) in [7, 11) is -4.53. The highest BCUT2D eigenvalue weighted by Crippen LogP contribution is 2.29. The monoisotopic (exact) mass is 594 g/mol. The molecule has 0 saturated heterocycles. The molecule has 220 valence electrons. The van der Waals surface area contributed by atoms with E-state index in [4.69, 9.17) is 4.18 Å². The summed E-state index contributed by atoms with van der Waals surface area (Å²) in [5.74, 6) is -1.80. The van der Waals surface area contributed by atoms with Crippen molar-refractivity contribution in [2.24, 2.45) is 5.92 Å². The predicted molar refractivity (Wildman–Crippen MR) is 143 cm³/mol. The van der Waals surface area contributed by atoms with Crippen molar-refractivity contribution in [2.45, 2.75) is 45.5 Å². The second-order valence-corrected chi connectivity index (χ2v) is 11.3. The first-order valence-electron chi connectivity index (χ1n) is 12.5. The maximum absolute atomic E-state index is 13.2. The molecular formula is C27H29F3N4O6S. The van der Waals surface area contributed by atoms with E-state index >= 15 is 0 Å². The molecule has 0 aliphatic rings. The number of aliphatic hydroxyl groups excluding tert-OH is 2. The minimum atomic E-state index is -4.67. The van der Waals surface area contributed by atoms with Crippen LogP contribution in [0.15, 0.2) is 48.5 Å².